The van der Waals surface area contributed by atoms with Crippen LogP contribution >= 0.6 is 0 Å². The van der Waals surface area contributed by atoms with Crippen LogP contribution in [0.5, 0.6) is 0 Å². The van der Waals surface area contributed by atoms with E-state index in [0.29, 0.717) is 0 Å². The standard InChI is InChI=1S/C6H9FO3/c1-2-5(8)6(9)10-4-3-7/h2,5,8H,1,3-4H2. The molecule has 0 aromatic rings. The Morgan fingerprint density at radius 3 is 2.90 bits per heavy atom. The second-order valence-electron chi connectivity index (χ2n) is 1.54. The van der Waals surface area contributed by atoms with E-state index >= 15 is 0 Å². The van der Waals surface area contributed by atoms with E-state index in [1.165, 1.54) is 0 Å². The maximum Gasteiger partial charge on any atom is 0.339 e. The van der Waals surface area contributed by atoms with E-state index in [9.17, 15) is 9.18 Å². The Hall–Kier alpha value is -0.900. The van der Waals surface area contributed by atoms with Gasteiger partial charge in [0.2, 0.25) is 0 Å². The number of aliphatic hydroxyl groups is 1. The molecule has 0 heterocycles. The molecule has 0 aromatic carbocycles. The van der Waals surface area contributed by atoms with Crippen LogP contribution in [0, 0.1) is 0 Å². The van der Waals surface area contributed by atoms with Crippen LogP contribution in [-0.2, 0) is 9.53 Å². The van der Waals surface area contributed by atoms with Crippen molar-refractivity contribution in [1.82, 2.24) is 0 Å². The smallest absolute Gasteiger partial charge is 0.339 e. The van der Waals surface area contributed by atoms with Crippen LogP contribution in [0.1, 0.15) is 0 Å². The molecular formula is C6H9FO3. The first-order valence-electron chi connectivity index (χ1n) is 2.75. The van der Waals surface area contributed by atoms with E-state index in [0.717, 1.165) is 6.08 Å². The van der Waals surface area contributed by atoms with Crippen LogP contribution in [-0.4, -0.2) is 30.5 Å². The van der Waals surface area contributed by atoms with E-state index in [4.69, 9.17) is 5.11 Å². The highest BCUT2D eigenvalue weighted by atomic mass is 19.1. The monoisotopic (exact) mass is 148 g/mol. The summed E-state index contributed by atoms with van der Waals surface area (Å²) in [5.41, 5.74) is 0. The van der Waals surface area contributed by atoms with Crippen molar-refractivity contribution in [2.24, 2.45) is 0 Å². The van der Waals surface area contributed by atoms with Gasteiger partial charge in [0.1, 0.15) is 13.3 Å². The molecular weight excluding hydrogens is 139 g/mol. The van der Waals surface area contributed by atoms with Gasteiger partial charge in [-0.25, -0.2) is 9.18 Å². The average Bonchev–Trinajstić information content (AvgIpc) is 1.98. The summed E-state index contributed by atoms with van der Waals surface area (Å²) in [6.07, 6.45) is -0.327. The molecule has 10 heavy (non-hydrogen) atoms. The molecule has 0 aliphatic carbocycles. The molecule has 0 saturated heterocycles. The summed E-state index contributed by atoms with van der Waals surface area (Å²) in [5, 5.41) is 8.64. The van der Waals surface area contributed by atoms with Gasteiger partial charge in [-0.2, -0.15) is 0 Å². The zero-order valence-corrected chi connectivity index (χ0v) is 5.42. The minimum atomic E-state index is -1.34. The fraction of sp³-hybridized carbons (Fsp3) is 0.500. The average molecular weight is 148 g/mol. The molecule has 1 atom stereocenters. The summed E-state index contributed by atoms with van der Waals surface area (Å²) < 4.78 is 15.5. The second-order valence-corrected chi connectivity index (χ2v) is 1.54. The first-order chi connectivity index (χ1) is 4.72. The van der Waals surface area contributed by atoms with Crippen molar-refractivity contribution < 1.29 is 19.0 Å². The molecule has 0 radical (unpaired) electrons. The van der Waals surface area contributed by atoms with Crippen molar-refractivity contribution in [1.29, 1.82) is 0 Å². The summed E-state index contributed by atoms with van der Waals surface area (Å²) in [5.74, 6) is -0.868. The molecule has 0 aromatic heterocycles. The second kappa shape index (κ2) is 4.93. The SMILES string of the molecule is C=CC(O)C(=O)OCCF. The Labute approximate surface area is 58.1 Å². The van der Waals surface area contributed by atoms with E-state index in [2.05, 4.69) is 11.3 Å². The Morgan fingerprint density at radius 1 is 1.90 bits per heavy atom. The molecule has 0 amide bonds. The number of esters is 1. The number of alkyl halides is 1. The fourth-order valence-corrected chi connectivity index (χ4v) is 0.321. The van der Waals surface area contributed by atoms with Crippen molar-refractivity contribution in [3.63, 3.8) is 0 Å². The van der Waals surface area contributed by atoms with Gasteiger partial charge < -0.3 is 9.84 Å². The van der Waals surface area contributed by atoms with Gasteiger partial charge in [-0.05, 0) is 0 Å². The lowest BCUT2D eigenvalue weighted by atomic mass is 10.4. The fourth-order valence-electron chi connectivity index (χ4n) is 0.321. The van der Waals surface area contributed by atoms with Crippen LogP contribution in [0.3, 0.4) is 0 Å². The molecule has 0 fully saturated rings. The summed E-state index contributed by atoms with van der Waals surface area (Å²) >= 11 is 0. The summed E-state index contributed by atoms with van der Waals surface area (Å²) in [4.78, 5) is 10.4. The number of hydrogen-bond donors (Lipinski definition) is 1. The minimum Gasteiger partial charge on any atom is -0.461 e. The Balaban J connectivity index is 3.51. The number of aliphatic hydroxyl groups excluding tert-OH is 1. The largest absolute Gasteiger partial charge is 0.461 e. The van der Waals surface area contributed by atoms with Gasteiger partial charge in [0.05, 0.1) is 0 Å². The van der Waals surface area contributed by atoms with Gasteiger partial charge in [-0.1, -0.05) is 12.7 Å². The number of ether oxygens (including phenoxy) is 1. The van der Waals surface area contributed by atoms with Gasteiger partial charge in [0, 0.05) is 0 Å². The minimum absolute atomic E-state index is 0.316. The van der Waals surface area contributed by atoms with E-state index in [-0.39, 0.29) is 6.61 Å². The van der Waals surface area contributed by atoms with Gasteiger partial charge >= 0.3 is 5.97 Å². The number of hydrogen-bond acceptors (Lipinski definition) is 3. The molecule has 0 spiro atoms. The highest BCUT2D eigenvalue weighted by Crippen LogP contribution is 1.88. The zero-order chi connectivity index (χ0) is 7.98. The van der Waals surface area contributed by atoms with E-state index in [1.807, 2.05) is 0 Å². The number of halogens is 1. The third-order valence-corrected chi connectivity index (χ3v) is 0.786. The van der Waals surface area contributed by atoms with E-state index < -0.39 is 18.7 Å². The van der Waals surface area contributed by atoms with Gasteiger partial charge in [0.15, 0.2) is 6.10 Å². The first kappa shape index (κ1) is 9.10. The number of carbonyl (C=O) groups excluding carboxylic acids is 1. The highest BCUT2D eigenvalue weighted by Gasteiger charge is 2.10. The molecule has 0 saturated carbocycles. The predicted molar refractivity (Wildman–Crippen MR) is 33.1 cm³/mol. The molecule has 0 bridgehead atoms. The summed E-state index contributed by atoms with van der Waals surface area (Å²) in [7, 11) is 0. The van der Waals surface area contributed by atoms with Crippen molar-refractivity contribution in [2.75, 3.05) is 13.3 Å². The summed E-state index contributed by atoms with van der Waals surface area (Å²) in [6, 6.07) is 0. The third kappa shape index (κ3) is 3.19. The quantitative estimate of drug-likeness (QED) is 0.452. The number of carbonyl (C=O) groups is 1. The molecule has 1 N–H and O–H groups in total. The van der Waals surface area contributed by atoms with Crippen LogP contribution in [0.15, 0.2) is 12.7 Å². The van der Waals surface area contributed by atoms with Crippen LogP contribution < -0.4 is 0 Å². The highest BCUT2D eigenvalue weighted by molar-refractivity contribution is 5.76. The first-order valence-corrected chi connectivity index (χ1v) is 2.75. The maximum absolute atomic E-state index is 11.3. The number of rotatable bonds is 4. The van der Waals surface area contributed by atoms with Crippen molar-refractivity contribution in [3.05, 3.63) is 12.7 Å². The molecule has 4 heteroatoms. The van der Waals surface area contributed by atoms with Gasteiger partial charge in [-0.3, -0.25) is 0 Å². The van der Waals surface area contributed by atoms with Crippen molar-refractivity contribution >= 4 is 5.97 Å². The van der Waals surface area contributed by atoms with Crippen LogP contribution in [0.25, 0.3) is 0 Å². The van der Waals surface area contributed by atoms with Crippen molar-refractivity contribution in [3.8, 4) is 0 Å². The Bertz CT molecular complexity index is 124. The molecule has 1 unspecified atom stereocenters. The lowest BCUT2D eigenvalue weighted by Gasteiger charge is -2.03. The van der Waals surface area contributed by atoms with Crippen LogP contribution in [0.4, 0.5) is 4.39 Å². The maximum atomic E-state index is 11.3. The third-order valence-electron chi connectivity index (χ3n) is 0.786. The lowest BCUT2D eigenvalue weighted by Crippen LogP contribution is -2.21. The molecule has 0 aliphatic heterocycles. The Kier molecular flexibility index (Phi) is 4.49. The van der Waals surface area contributed by atoms with Crippen LogP contribution in [0.2, 0.25) is 0 Å². The van der Waals surface area contributed by atoms with Gasteiger partial charge in [0.25, 0.3) is 0 Å². The lowest BCUT2D eigenvalue weighted by molar-refractivity contribution is -0.151. The predicted octanol–water partition coefficient (Wildman–Crippen LogP) is 0.0460. The van der Waals surface area contributed by atoms with E-state index in [1.54, 1.807) is 0 Å². The zero-order valence-electron chi connectivity index (χ0n) is 5.42. The molecule has 3 nitrogen and oxygen atoms in total. The topological polar surface area (TPSA) is 46.5 Å². The normalized spacial score (nSPS) is 12.2. The molecule has 0 aliphatic rings. The summed E-state index contributed by atoms with van der Waals surface area (Å²) in [6.45, 7) is 2.09. The molecule has 58 valence electrons. The van der Waals surface area contributed by atoms with Gasteiger partial charge in [-0.15, -0.1) is 0 Å². The van der Waals surface area contributed by atoms with Crippen molar-refractivity contribution in [2.45, 2.75) is 6.10 Å². The molecule has 0 rings (SSSR count). The Morgan fingerprint density at radius 2 is 2.50 bits per heavy atom.